The van der Waals surface area contributed by atoms with Crippen molar-refractivity contribution in [1.82, 2.24) is 10.6 Å². The topological polar surface area (TPSA) is 50.4 Å². The monoisotopic (exact) mass is 294 g/mol. The molecule has 2 N–H and O–H groups in total. The fourth-order valence-corrected chi connectivity index (χ4v) is 2.45. The van der Waals surface area contributed by atoms with E-state index in [4.69, 9.17) is 4.74 Å². The third-order valence-corrected chi connectivity index (χ3v) is 3.70. The van der Waals surface area contributed by atoms with Gasteiger partial charge >= 0.3 is 0 Å². The summed E-state index contributed by atoms with van der Waals surface area (Å²) in [5.74, 6) is -0.358. The molecule has 0 unspecified atom stereocenters. The highest BCUT2D eigenvalue weighted by molar-refractivity contribution is 5.76. The Kier molecular flexibility index (Phi) is 6.14. The number of amides is 1. The summed E-state index contributed by atoms with van der Waals surface area (Å²) in [4.78, 5) is 11.9. The van der Waals surface area contributed by atoms with E-state index in [1.807, 2.05) is 6.92 Å². The van der Waals surface area contributed by atoms with Gasteiger partial charge in [-0.3, -0.25) is 4.79 Å². The Morgan fingerprint density at radius 3 is 2.95 bits per heavy atom. The molecule has 1 amide bonds. The van der Waals surface area contributed by atoms with Gasteiger partial charge in [0.1, 0.15) is 5.82 Å². The number of benzene rings is 1. The standard InChI is InChI=1S/C16H23FN2O2/c1-12(13-3-2-4-14(17)11-13)19-16(20)7-10-21-15-5-8-18-9-6-15/h2-4,11-12,15,18H,5-10H2,1H3,(H,19,20)/t12-/m0/s1. The molecule has 1 saturated heterocycles. The lowest BCUT2D eigenvalue weighted by Gasteiger charge is -2.23. The molecule has 21 heavy (non-hydrogen) atoms. The van der Waals surface area contributed by atoms with Crippen LogP contribution in [0, 0.1) is 5.82 Å². The first-order chi connectivity index (χ1) is 10.1. The molecule has 4 nitrogen and oxygen atoms in total. The molecule has 1 aliphatic rings. The molecule has 0 radical (unpaired) electrons. The number of ether oxygens (including phenoxy) is 1. The summed E-state index contributed by atoms with van der Waals surface area (Å²) in [6.45, 7) is 4.24. The minimum absolute atomic E-state index is 0.0688. The predicted octanol–water partition coefficient (Wildman–Crippen LogP) is 2.16. The van der Waals surface area contributed by atoms with Crippen LogP contribution in [-0.2, 0) is 9.53 Å². The van der Waals surface area contributed by atoms with Crippen LogP contribution in [0.3, 0.4) is 0 Å². The van der Waals surface area contributed by atoms with Crippen molar-refractivity contribution in [3.63, 3.8) is 0 Å². The van der Waals surface area contributed by atoms with Crippen LogP contribution in [0.2, 0.25) is 0 Å². The minimum atomic E-state index is -0.289. The highest BCUT2D eigenvalue weighted by Crippen LogP contribution is 2.13. The van der Waals surface area contributed by atoms with E-state index in [1.165, 1.54) is 12.1 Å². The van der Waals surface area contributed by atoms with E-state index >= 15 is 0 Å². The van der Waals surface area contributed by atoms with Crippen LogP contribution in [0.4, 0.5) is 4.39 Å². The molecule has 1 aliphatic heterocycles. The van der Waals surface area contributed by atoms with E-state index in [9.17, 15) is 9.18 Å². The fraction of sp³-hybridized carbons (Fsp3) is 0.562. The van der Waals surface area contributed by atoms with Crippen molar-refractivity contribution < 1.29 is 13.9 Å². The average molecular weight is 294 g/mol. The lowest BCUT2D eigenvalue weighted by atomic mass is 10.1. The smallest absolute Gasteiger partial charge is 0.222 e. The van der Waals surface area contributed by atoms with Crippen molar-refractivity contribution in [1.29, 1.82) is 0 Å². The first-order valence-electron chi connectivity index (χ1n) is 7.52. The maximum absolute atomic E-state index is 13.1. The molecule has 0 aliphatic carbocycles. The van der Waals surface area contributed by atoms with Crippen LogP contribution < -0.4 is 10.6 Å². The maximum Gasteiger partial charge on any atom is 0.222 e. The number of nitrogens with one attached hydrogen (secondary N) is 2. The van der Waals surface area contributed by atoms with Crippen molar-refractivity contribution in [3.05, 3.63) is 35.6 Å². The summed E-state index contributed by atoms with van der Waals surface area (Å²) >= 11 is 0. The normalized spacial score (nSPS) is 17.4. The van der Waals surface area contributed by atoms with Gasteiger partial charge in [-0.1, -0.05) is 12.1 Å². The van der Waals surface area contributed by atoms with Crippen molar-refractivity contribution in [2.45, 2.75) is 38.3 Å². The summed E-state index contributed by atoms with van der Waals surface area (Å²) in [5.41, 5.74) is 0.766. The van der Waals surface area contributed by atoms with Crippen molar-refractivity contribution in [2.75, 3.05) is 19.7 Å². The van der Waals surface area contributed by atoms with Gasteiger partial charge in [0, 0.05) is 6.42 Å². The summed E-state index contributed by atoms with van der Waals surface area (Å²) in [6, 6.07) is 6.08. The number of carbonyl (C=O) groups is 1. The van der Waals surface area contributed by atoms with Crippen molar-refractivity contribution in [2.24, 2.45) is 0 Å². The predicted molar refractivity (Wildman–Crippen MR) is 79.4 cm³/mol. The maximum atomic E-state index is 13.1. The summed E-state index contributed by atoms with van der Waals surface area (Å²) < 4.78 is 18.8. The molecule has 2 rings (SSSR count). The molecule has 1 aromatic rings. The van der Waals surface area contributed by atoms with Gasteiger partial charge < -0.3 is 15.4 Å². The van der Waals surface area contributed by atoms with E-state index in [1.54, 1.807) is 12.1 Å². The number of hydrogen-bond donors (Lipinski definition) is 2. The first kappa shape index (κ1) is 15.9. The number of hydrogen-bond acceptors (Lipinski definition) is 3. The number of halogens is 1. The van der Waals surface area contributed by atoms with Crippen LogP contribution in [0.5, 0.6) is 0 Å². The van der Waals surface area contributed by atoms with E-state index < -0.39 is 0 Å². The third kappa shape index (κ3) is 5.44. The quantitative estimate of drug-likeness (QED) is 0.845. The van der Waals surface area contributed by atoms with E-state index in [2.05, 4.69) is 10.6 Å². The fourth-order valence-electron chi connectivity index (χ4n) is 2.45. The number of rotatable bonds is 6. The Hall–Kier alpha value is -1.46. The van der Waals surface area contributed by atoms with Crippen LogP contribution >= 0.6 is 0 Å². The zero-order valence-electron chi connectivity index (χ0n) is 12.4. The molecule has 1 fully saturated rings. The molecule has 1 heterocycles. The summed E-state index contributed by atoms with van der Waals surface area (Å²) in [6.07, 6.45) is 2.60. The molecule has 1 aromatic carbocycles. The van der Waals surface area contributed by atoms with Crippen molar-refractivity contribution in [3.8, 4) is 0 Å². The molecule has 0 spiro atoms. The van der Waals surface area contributed by atoms with Gasteiger partial charge in [0.25, 0.3) is 0 Å². The Labute approximate surface area is 125 Å². The van der Waals surface area contributed by atoms with Crippen LogP contribution in [-0.4, -0.2) is 31.7 Å². The molecule has 5 heteroatoms. The molecule has 0 saturated carbocycles. The van der Waals surface area contributed by atoms with E-state index in [-0.39, 0.29) is 23.9 Å². The first-order valence-corrected chi connectivity index (χ1v) is 7.52. The number of piperidine rings is 1. The largest absolute Gasteiger partial charge is 0.378 e. The Balaban J connectivity index is 1.69. The lowest BCUT2D eigenvalue weighted by Crippen LogP contribution is -2.33. The second-order valence-corrected chi connectivity index (χ2v) is 5.41. The Morgan fingerprint density at radius 1 is 1.48 bits per heavy atom. The zero-order valence-corrected chi connectivity index (χ0v) is 12.4. The molecular formula is C16H23FN2O2. The molecule has 0 bridgehead atoms. The van der Waals surface area contributed by atoms with Gasteiger partial charge in [-0.05, 0) is 50.6 Å². The Bertz CT molecular complexity index is 461. The Morgan fingerprint density at radius 2 is 2.24 bits per heavy atom. The SMILES string of the molecule is C[C@H](NC(=O)CCOC1CCNCC1)c1cccc(F)c1. The summed E-state index contributed by atoms with van der Waals surface area (Å²) in [7, 11) is 0. The molecule has 1 atom stereocenters. The second kappa shape index (κ2) is 8.10. The van der Waals surface area contributed by atoms with Gasteiger partial charge in [0.15, 0.2) is 0 Å². The highest BCUT2D eigenvalue weighted by atomic mass is 19.1. The minimum Gasteiger partial charge on any atom is -0.378 e. The molecular weight excluding hydrogens is 271 g/mol. The average Bonchev–Trinajstić information content (AvgIpc) is 2.48. The van der Waals surface area contributed by atoms with E-state index in [0.717, 1.165) is 31.5 Å². The number of carbonyl (C=O) groups excluding carboxylic acids is 1. The summed E-state index contributed by atoms with van der Waals surface area (Å²) in [5, 5.41) is 6.14. The van der Waals surface area contributed by atoms with Crippen LogP contribution in [0.15, 0.2) is 24.3 Å². The van der Waals surface area contributed by atoms with Gasteiger partial charge in [-0.2, -0.15) is 0 Å². The van der Waals surface area contributed by atoms with Gasteiger partial charge in [-0.25, -0.2) is 4.39 Å². The van der Waals surface area contributed by atoms with Crippen LogP contribution in [0.25, 0.3) is 0 Å². The third-order valence-electron chi connectivity index (χ3n) is 3.70. The second-order valence-electron chi connectivity index (χ2n) is 5.41. The van der Waals surface area contributed by atoms with Crippen molar-refractivity contribution >= 4 is 5.91 Å². The van der Waals surface area contributed by atoms with Crippen LogP contribution in [0.1, 0.15) is 37.8 Å². The van der Waals surface area contributed by atoms with E-state index in [0.29, 0.717) is 13.0 Å². The molecule has 0 aromatic heterocycles. The molecule has 116 valence electrons. The van der Waals surface area contributed by atoms with Gasteiger partial charge in [-0.15, -0.1) is 0 Å². The van der Waals surface area contributed by atoms with Gasteiger partial charge in [0.2, 0.25) is 5.91 Å². The lowest BCUT2D eigenvalue weighted by molar-refractivity contribution is -0.123. The zero-order chi connectivity index (χ0) is 15.1. The highest BCUT2D eigenvalue weighted by Gasteiger charge is 2.14. The van der Waals surface area contributed by atoms with Gasteiger partial charge in [0.05, 0.1) is 18.8 Å².